The van der Waals surface area contributed by atoms with Crippen molar-refractivity contribution in [3.05, 3.63) is 0 Å². The Bertz CT molecular complexity index is 437. The van der Waals surface area contributed by atoms with E-state index in [4.69, 9.17) is 14.6 Å². The molecule has 1 amide bonds. The standard InChI is InChI=1S/C18H33NO6/c1-7-8-12(4)13(5)15(9-16(21)22)10-19-18(23)25-17(11(2)3)24-14(6)20/h11-13,15,17H,7-10H2,1-6H3,(H,19,23)(H,21,22)/t12-,13-,15+,17-/m1/s1. The molecule has 0 aliphatic rings. The highest BCUT2D eigenvalue weighted by atomic mass is 16.7. The highest BCUT2D eigenvalue weighted by Gasteiger charge is 2.26. The van der Waals surface area contributed by atoms with Gasteiger partial charge in [-0.2, -0.15) is 0 Å². The van der Waals surface area contributed by atoms with Crippen LogP contribution in [0.4, 0.5) is 4.79 Å². The predicted octanol–water partition coefficient (Wildman–Crippen LogP) is 3.42. The van der Waals surface area contributed by atoms with Crippen LogP contribution in [0.25, 0.3) is 0 Å². The molecule has 0 rings (SSSR count). The van der Waals surface area contributed by atoms with Crippen LogP contribution in [0.15, 0.2) is 0 Å². The summed E-state index contributed by atoms with van der Waals surface area (Å²) in [5.74, 6) is -1.30. The zero-order chi connectivity index (χ0) is 19.6. The highest BCUT2D eigenvalue weighted by molar-refractivity contribution is 5.69. The van der Waals surface area contributed by atoms with Crippen molar-refractivity contribution in [3.8, 4) is 0 Å². The van der Waals surface area contributed by atoms with Gasteiger partial charge in [0.1, 0.15) is 0 Å². The number of carboxylic acid groups (broad SMARTS) is 1. The maximum Gasteiger partial charge on any atom is 0.410 e. The SMILES string of the molecule is CCC[C@@H](C)[C@@H](C)[C@H](CNC(=O)O[C@@H](OC(C)=O)C(C)C)CC(=O)O. The molecule has 25 heavy (non-hydrogen) atoms. The van der Waals surface area contributed by atoms with E-state index in [-0.39, 0.29) is 30.7 Å². The number of esters is 1. The van der Waals surface area contributed by atoms with Gasteiger partial charge in [0.05, 0.1) is 6.42 Å². The number of rotatable bonds is 11. The lowest BCUT2D eigenvalue weighted by atomic mass is 9.80. The van der Waals surface area contributed by atoms with Crippen LogP contribution in [0.1, 0.15) is 60.8 Å². The number of aliphatic carboxylic acids is 1. The molecule has 0 aliphatic carbocycles. The van der Waals surface area contributed by atoms with Gasteiger partial charge in [0.15, 0.2) is 0 Å². The molecule has 0 spiro atoms. The molecular formula is C18H33NO6. The number of carbonyl (C=O) groups excluding carboxylic acids is 2. The van der Waals surface area contributed by atoms with E-state index in [1.54, 1.807) is 13.8 Å². The molecule has 0 unspecified atom stereocenters. The smallest absolute Gasteiger partial charge is 0.410 e. The Kier molecular flexibility index (Phi) is 10.9. The van der Waals surface area contributed by atoms with Gasteiger partial charge in [0.25, 0.3) is 6.29 Å². The summed E-state index contributed by atoms with van der Waals surface area (Å²) in [4.78, 5) is 34.2. The second-order valence-corrected chi connectivity index (χ2v) is 6.99. The predicted molar refractivity (Wildman–Crippen MR) is 93.9 cm³/mol. The van der Waals surface area contributed by atoms with Gasteiger partial charge in [-0.15, -0.1) is 0 Å². The van der Waals surface area contributed by atoms with Gasteiger partial charge >= 0.3 is 18.0 Å². The van der Waals surface area contributed by atoms with E-state index in [2.05, 4.69) is 19.2 Å². The minimum atomic E-state index is -0.966. The zero-order valence-electron chi connectivity index (χ0n) is 16.2. The minimum Gasteiger partial charge on any atom is -0.481 e. The average molecular weight is 359 g/mol. The monoisotopic (exact) mass is 359 g/mol. The van der Waals surface area contributed by atoms with Crippen molar-refractivity contribution in [1.29, 1.82) is 0 Å². The van der Waals surface area contributed by atoms with E-state index in [1.807, 2.05) is 6.92 Å². The van der Waals surface area contributed by atoms with E-state index in [1.165, 1.54) is 6.92 Å². The first-order valence-electron chi connectivity index (χ1n) is 8.91. The van der Waals surface area contributed by atoms with Gasteiger partial charge in [-0.25, -0.2) is 4.79 Å². The van der Waals surface area contributed by atoms with Crippen LogP contribution in [0.3, 0.4) is 0 Å². The van der Waals surface area contributed by atoms with E-state index in [0.717, 1.165) is 12.8 Å². The number of ether oxygens (including phenoxy) is 2. The summed E-state index contributed by atoms with van der Waals surface area (Å²) < 4.78 is 10.1. The number of carbonyl (C=O) groups is 3. The number of nitrogens with one attached hydrogen (secondary N) is 1. The Hall–Kier alpha value is -1.79. The number of amides is 1. The van der Waals surface area contributed by atoms with Crippen molar-refractivity contribution in [2.75, 3.05) is 6.54 Å². The van der Waals surface area contributed by atoms with Gasteiger partial charge in [-0.3, -0.25) is 9.59 Å². The Labute approximate surface area is 150 Å². The van der Waals surface area contributed by atoms with Gasteiger partial charge in [-0.1, -0.05) is 47.5 Å². The van der Waals surface area contributed by atoms with Gasteiger partial charge in [-0.05, 0) is 17.8 Å². The number of alkyl carbamates (subject to hydrolysis) is 1. The van der Waals surface area contributed by atoms with Crippen molar-refractivity contribution >= 4 is 18.0 Å². The molecule has 0 aromatic carbocycles. The van der Waals surface area contributed by atoms with Gasteiger partial charge in [0, 0.05) is 19.4 Å². The molecular weight excluding hydrogens is 326 g/mol. The average Bonchev–Trinajstić information content (AvgIpc) is 2.49. The molecule has 146 valence electrons. The second-order valence-electron chi connectivity index (χ2n) is 6.99. The van der Waals surface area contributed by atoms with E-state index in [9.17, 15) is 14.4 Å². The van der Waals surface area contributed by atoms with Crippen LogP contribution in [-0.4, -0.2) is 36.0 Å². The van der Waals surface area contributed by atoms with Gasteiger partial charge in [0.2, 0.25) is 0 Å². The Morgan fingerprint density at radius 1 is 1.08 bits per heavy atom. The molecule has 7 heteroatoms. The fourth-order valence-electron chi connectivity index (χ4n) is 2.67. The quantitative estimate of drug-likeness (QED) is 0.433. The highest BCUT2D eigenvalue weighted by Crippen LogP contribution is 2.26. The van der Waals surface area contributed by atoms with Crippen LogP contribution < -0.4 is 5.32 Å². The molecule has 0 aromatic rings. The summed E-state index contributed by atoms with van der Waals surface area (Å²) in [5.41, 5.74) is 0. The maximum atomic E-state index is 12.0. The third-order valence-corrected chi connectivity index (χ3v) is 4.38. The van der Waals surface area contributed by atoms with Crippen molar-refractivity contribution in [2.45, 2.75) is 67.1 Å². The molecule has 0 radical (unpaired) electrons. The summed E-state index contributed by atoms with van der Waals surface area (Å²) in [6, 6.07) is 0. The van der Waals surface area contributed by atoms with Crippen LogP contribution in [0.5, 0.6) is 0 Å². The summed E-state index contributed by atoms with van der Waals surface area (Å²) >= 11 is 0. The number of carboxylic acids is 1. The fraction of sp³-hybridized carbons (Fsp3) is 0.833. The van der Waals surface area contributed by atoms with Crippen molar-refractivity contribution in [3.63, 3.8) is 0 Å². The first-order valence-corrected chi connectivity index (χ1v) is 8.91. The molecule has 7 nitrogen and oxygen atoms in total. The summed E-state index contributed by atoms with van der Waals surface area (Å²) in [6.07, 6.45) is 0.327. The maximum absolute atomic E-state index is 12.0. The lowest BCUT2D eigenvalue weighted by molar-refractivity contribution is -0.172. The molecule has 4 atom stereocenters. The Morgan fingerprint density at radius 3 is 2.12 bits per heavy atom. The first-order chi connectivity index (χ1) is 11.6. The van der Waals surface area contributed by atoms with E-state index >= 15 is 0 Å². The van der Waals surface area contributed by atoms with Crippen LogP contribution >= 0.6 is 0 Å². The molecule has 0 bridgehead atoms. The molecule has 0 heterocycles. The molecule has 0 aromatic heterocycles. The summed E-state index contributed by atoms with van der Waals surface area (Å²) in [7, 11) is 0. The van der Waals surface area contributed by atoms with Crippen molar-refractivity contribution in [1.82, 2.24) is 5.32 Å². The Balaban J connectivity index is 4.72. The molecule has 0 saturated heterocycles. The van der Waals surface area contributed by atoms with Crippen molar-refractivity contribution in [2.24, 2.45) is 23.7 Å². The third-order valence-electron chi connectivity index (χ3n) is 4.38. The topological polar surface area (TPSA) is 102 Å². The lowest BCUT2D eigenvalue weighted by Crippen LogP contribution is -2.38. The van der Waals surface area contributed by atoms with Crippen LogP contribution in [-0.2, 0) is 19.1 Å². The fourth-order valence-corrected chi connectivity index (χ4v) is 2.67. The van der Waals surface area contributed by atoms with E-state index in [0.29, 0.717) is 5.92 Å². The van der Waals surface area contributed by atoms with Crippen LogP contribution in [0.2, 0.25) is 0 Å². The summed E-state index contributed by atoms with van der Waals surface area (Å²) in [5, 5.41) is 11.7. The number of hydrogen-bond donors (Lipinski definition) is 2. The van der Waals surface area contributed by atoms with Crippen LogP contribution in [0, 0.1) is 23.7 Å². The summed E-state index contributed by atoms with van der Waals surface area (Å²) in [6.45, 7) is 11.2. The zero-order valence-corrected chi connectivity index (χ0v) is 16.2. The van der Waals surface area contributed by atoms with Gasteiger partial charge < -0.3 is 19.9 Å². The largest absolute Gasteiger partial charge is 0.481 e. The molecule has 0 fully saturated rings. The normalized spacial score (nSPS) is 15.8. The van der Waals surface area contributed by atoms with E-state index < -0.39 is 24.3 Å². The lowest BCUT2D eigenvalue weighted by Gasteiger charge is -2.28. The Morgan fingerprint density at radius 2 is 1.68 bits per heavy atom. The minimum absolute atomic E-state index is 0.0208. The van der Waals surface area contributed by atoms with Crippen molar-refractivity contribution < 1.29 is 29.0 Å². The molecule has 0 aliphatic heterocycles. The first kappa shape index (κ1) is 23.2. The third kappa shape index (κ3) is 9.94. The molecule has 2 N–H and O–H groups in total. The molecule has 0 saturated carbocycles. The second kappa shape index (κ2) is 11.7. The number of hydrogen-bond acceptors (Lipinski definition) is 5.